The van der Waals surface area contributed by atoms with E-state index in [2.05, 4.69) is 17.1 Å². The number of likely N-dealkylation sites (tertiary alicyclic amines) is 1. The molecule has 0 bridgehead atoms. The van der Waals surface area contributed by atoms with Gasteiger partial charge in [-0.1, -0.05) is 13.0 Å². The van der Waals surface area contributed by atoms with E-state index in [9.17, 15) is 4.79 Å². The number of amides is 1. The van der Waals surface area contributed by atoms with Crippen LogP contribution in [0.5, 0.6) is 5.75 Å². The number of nitrogens with one attached hydrogen (secondary N) is 1. The SMILES string of the molecule is COc1cccc(C(=O)NC[C@@H](c2ccc(C)o2)N2CCC(C)CC2)c1. The summed E-state index contributed by atoms with van der Waals surface area (Å²) in [5, 5.41) is 3.07. The first-order valence-electron chi connectivity index (χ1n) is 9.29. The van der Waals surface area contributed by atoms with Gasteiger partial charge in [-0.15, -0.1) is 0 Å². The number of furan rings is 1. The Morgan fingerprint density at radius 1 is 1.31 bits per heavy atom. The highest BCUT2D eigenvalue weighted by Crippen LogP contribution is 2.27. The van der Waals surface area contributed by atoms with Gasteiger partial charge in [0, 0.05) is 12.1 Å². The van der Waals surface area contributed by atoms with Crippen molar-refractivity contribution >= 4 is 5.91 Å². The lowest BCUT2D eigenvalue weighted by atomic mass is 9.97. The minimum absolute atomic E-state index is 0.0609. The predicted octanol–water partition coefficient (Wildman–Crippen LogP) is 3.80. The fourth-order valence-electron chi connectivity index (χ4n) is 3.44. The van der Waals surface area contributed by atoms with E-state index < -0.39 is 0 Å². The summed E-state index contributed by atoms with van der Waals surface area (Å²) < 4.78 is 11.1. The Morgan fingerprint density at radius 2 is 2.08 bits per heavy atom. The molecular formula is C21H28N2O3. The Hall–Kier alpha value is -2.27. The molecule has 1 aliphatic rings. The summed E-state index contributed by atoms with van der Waals surface area (Å²) in [6, 6.07) is 11.3. The molecule has 1 fully saturated rings. The summed E-state index contributed by atoms with van der Waals surface area (Å²) >= 11 is 0. The highest BCUT2D eigenvalue weighted by atomic mass is 16.5. The van der Waals surface area contributed by atoms with Crippen molar-refractivity contribution in [1.82, 2.24) is 10.2 Å². The largest absolute Gasteiger partial charge is 0.497 e. The molecule has 1 atom stereocenters. The van der Waals surface area contributed by atoms with Gasteiger partial charge in [0.15, 0.2) is 0 Å². The van der Waals surface area contributed by atoms with Crippen molar-refractivity contribution in [2.24, 2.45) is 5.92 Å². The molecule has 5 nitrogen and oxygen atoms in total. The van der Waals surface area contributed by atoms with E-state index >= 15 is 0 Å². The molecule has 1 aromatic heterocycles. The maximum atomic E-state index is 12.6. The molecule has 1 aromatic carbocycles. The van der Waals surface area contributed by atoms with E-state index in [1.165, 1.54) is 12.8 Å². The van der Waals surface area contributed by atoms with Crippen molar-refractivity contribution < 1.29 is 13.9 Å². The van der Waals surface area contributed by atoms with E-state index in [1.807, 2.05) is 31.2 Å². The molecule has 0 aliphatic carbocycles. The zero-order valence-corrected chi connectivity index (χ0v) is 15.8. The quantitative estimate of drug-likeness (QED) is 0.855. The van der Waals surface area contributed by atoms with Crippen LogP contribution >= 0.6 is 0 Å². The van der Waals surface area contributed by atoms with Crippen molar-refractivity contribution in [1.29, 1.82) is 0 Å². The molecule has 0 saturated carbocycles. The topological polar surface area (TPSA) is 54.7 Å². The lowest BCUT2D eigenvalue weighted by molar-refractivity contribution is 0.0894. The highest BCUT2D eigenvalue weighted by molar-refractivity contribution is 5.94. The zero-order chi connectivity index (χ0) is 18.5. The van der Waals surface area contributed by atoms with Crippen LogP contribution in [0.3, 0.4) is 0 Å². The van der Waals surface area contributed by atoms with Gasteiger partial charge in [0.1, 0.15) is 17.3 Å². The van der Waals surface area contributed by atoms with E-state index in [0.29, 0.717) is 17.9 Å². The fourth-order valence-corrected chi connectivity index (χ4v) is 3.44. The average Bonchev–Trinajstić information content (AvgIpc) is 3.09. The third-order valence-corrected chi connectivity index (χ3v) is 5.14. The van der Waals surface area contributed by atoms with Gasteiger partial charge in [-0.25, -0.2) is 0 Å². The molecule has 140 valence electrons. The number of rotatable bonds is 6. The number of nitrogens with zero attached hydrogens (tertiary/aromatic N) is 1. The second kappa shape index (κ2) is 8.41. The van der Waals surface area contributed by atoms with Crippen LogP contribution in [-0.2, 0) is 0 Å². The lowest BCUT2D eigenvalue weighted by Crippen LogP contribution is -2.41. The number of carbonyl (C=O) groups excluding carboxylic acids is 1. The van der Waals surface area contributed by atoms with Crippen LogP contribution in [0.2, 0.25) is 0 Å². The minimum Gasteiger partial charge on any atom is -0.497 e. The molecule has 1 saturated heterocycles. The first-order chi connectivity index (χ1) is 12.6. The number of carbonyl (C=O) groups is 1. The maximum Gasteiger partial charge on any atom is 0.251 e. The predicted molar refractivity (Wildman–Crippen MR) is 101 cm³/mol. The summed E-state index contributed by atoms with van der Waals surface area (Å²) in [6.45, 7) is 6.83. The van der Waals surface area contributed by atoms with Crippen molar-refractivity contribution in [2.45, 2.75) is 32.7 Å². The average molecular weight is 356 g/mol. The van der Waals surface area contributed by atoms with Gasteiger partial charge in [-0.05, 0) is 69.1 Å². The van der Waals surface area contributed by atoms with Crippen LogP contribution in [0, 0.1) is 12.8 Å². The van der Waals surface area contributed by atoms with Crippen molar-refractivity contribution in [3.05, 3.63) is 53.5 Å². The Balaban J connectivity index is 1.70. The monoisotopic (exact) mass is 356 g/mol. The van der Waals surface area contributed by atoms with E-state index in [4.69, 9.17) is 9.15 Å². The Bertz CT molecular complexity index is 732. The Morgan fingerprint density at radius 3 is 2.73 bits per heavy atom. The minimum atomic E-state index is -0.0949. The number of hydrogen-bond acceptors (Lipinski definition) is 4. The molecule has 3 rings (SSSR count). The number of ether oxygens (including phenoxy) is 1. The van der Waals surface area contributed by atoms with Gasteiger partial charge < -0.3 is 14.5 Å². The highest BCUT2D eigenvalue weighted by Gasteiger charge is 2.27. The van der Waals surface area contributed by atoms with Gasteiger partial charge in [0.05, 0.1) is 13.2 Å². The van der Waals surface area contributed by atoms with E-state index in [1.54, 1.807) is 19.2 Å². The molecule has 0 unspecified atom stereocenters. The molecule has 0 spiro atoms. The summed E-state index contributed by atoms with van der Waals surface area (Å²) in [5.41, 5.74) is 0.603. The number of piperidine rings is 1. The summed E-state index contributed by atoms with van der Waals surface area (Å²) in [6.07, 6.45) is 2.36. The van der Waals surface area contributed by atoms with Crippen molar-refractivity contribution in [2.75, 3.05) is 26.7 Å². The Labute approximate surface area is 155 Å². The van der Waals surface area contributed by atoms with Crippen LogP contribution in [0.15, 0.2) is 40.8 Å². The molecule has 5 heteroatoms. The van der Waals surface area contributed by atoms with Crippen LogP contribution in [0.1, 0.15) is 47.7 Å². The molecule has 1 aliphatic heterocycles. The van der Waals surface area contributed by atoms with Gasteiger partial charge in [0.25, 0.3) is 5.91 Å². The number of benzene rings is 1. The van der Waals surface area contributed by atoms with E-state index in [0.717, 1.165) is 30.5 Å². The van der Waals surface area contributed by atoms with Crippen LogP contribution < -0.4 is 10.1 Å². The van der Waals surface area contributed by atoms with Crippen LogP contribution in [0.25, 0.3) is 0 Å². The zero-order valence-electron chi connectivity index (χ0n) is 15.8. The Kier molecular flexibility index (Phi) is 5.99. The van der Waals surface area contributed by atoms with Gasteiger partial charge in [-0.3, -0.25) is 9.69 Å². The van der Waals surface area contributed by atoms with Crippen LogP contribution in [-0.4, -0.2) is 37.6 Å². The summed E-state index contributed by atoms with van der Waals surface area (Å²) in [7, 11) is 1.60. The first-order valence-corrected chi connectivity index (χ1v) is 9.29. The number of methoxy groups -OCH3 is 1. The number of hydrogen-bond donors (Lipinski definition) is 1. The fraction of sp³-hybridized carbons (Fsp3) is 0.476. The van der Waals surface area contributed by atoms with Gasteiger partial charge >= 0.3 is 0 Å². The molecule has 1 amide bonds. The summed E-state index contributed by atoms with van der Waals surface area (Å²) in [5.74, 6) is 3.16. The van der Waals surface area contributed by atoms with E-state index in [-0.39, 0.29) is 11.9 Å². The smallest absolute Gasteiger partial charge is 0.251 e. The standard InChI is InChI=1S/C21H28N2O3/c1-15-9-11-23(12-10-15)19(20-8-7-16(2)26-20)14-22-21(24)17-5-4-6-18(13-17)25-3/h4-8,13,15,19H,9-12,14H2,1-3H3,(H,22,24)/t19-/m0/s1. The third-order valence-electron chi connectivity index (χ3n) is 5.14. The molecule has 1 N–H and O–H groups in total. The number of aryl methyl sites for hydroxylation is 1. The second-order valence-corrected chi connectivity index (χ2v) is 7.12. The first kappa shape index (κ1) is 18.5. The molecule has 2 aromatic rings. The third kappa shape index (κ3) is 4.47. The normalized spacial score (nSPS) is 17.0. The molecular weight excluding hydrogens is 328 g/mol. The lowest BCUT2D eigenvalue weighted by Gasteiger charge is -2.35. The van der Waals surface area contributed by atoms with Crippen molar-refractivity contribution in [3.63, 3.8) is 0 Å². The van der Waals surface area contributed by atoms with Gasteiger partial charge in [0.2, 0.25) is 0 Å². The second-order valence-electron chi connectivity index (χ2n) is 7.12. The van der Waals surface area contributed by atoms with Gasteiger partial charge in [-0.2, -0.15) is 0 Å². The molecule has 2 heterocycles. The molecule has 26 heavy (non-hydrogen) atoms. The summed E-state index contributed by atoms with van der Waals surface area (Å²) in [4.78, 5) is 15.0. The van der Waals surface area contributed by atoms with Crippen LogP contribution in [0.4, 0.5) is 0 Å². The molecule has 0 radical (unpaired) electrons. The van der Waals surface area contributed by atoms with Crippen molar-refractivity contribution in [3.8, 4) is 5.75 Å². The maximum absolute atomic E-state index is 12.6.